The van der Waals surface area contributed by atoms with Crippen molar-refractivity contribution in [2.24, 2.45) is 0 Å². The van der Waals surface area contributed by atoms with Crippen molar-refractivity contribution in [3.63, 3.8) is 0 Å². The Balaban J connectivity index is 1.80. The highest BCUT2D eigenvalue weighted by Gasteiger charge is 2.60. The first kappa shape index (κ1) is 22.2. The summed E-state index contributed by atoms with van der Waals surface area (Å²) in [6.07, 6.45) is -2.12. The molecule has 1 amide bonds. The molecule has 0 radical (unpaired) electrons. The minimum Gasteiger partial charge on any atom is -0.508 e. The first-order valence-corrected chi connectivity index (χ1v) is 10.3. The maximum atomic E-state index is 13.4. The van der Waals surface area contributed by atoms with E-state index < -0.39 is 41.1 Å². The van der Waals surface area contributed by atoms with Crippen molar-refractivity contribution in [1.82, 2.24) is 4.98 Å². The van der Waals surface area contributed by atoms with Gasteiger partial charge in [0, 0.05) is 12.1 Å². The van der Waals surface area contributed by atoms with Gasteiger partial charge in [0.2, 0.25) is 0 Å². The number of amides is 1. The molecule has 1 aromatic carbocycles. The fraction of sp³-hybridized carbons (Fsp3) is 0.381. The number of alkyl halides is 4. The third kappa shape index (κ3) is 3.33. The van der Waals surface area contributed by atoms with Crippen LogP contribution in [0.2, 0.25) is 0 Å². The SMILES string of the molecule is N#Cc1ncc(N2C(=O)C3(CCC3)N(c3ccc(O)c(CCF)c3)C2S)cc1C(F)(F)F. The van der Waals surface area contributed by atoms with E-state index in [1.807, 2.05) is 0 Å². The molecular formula is C21H18F4N4O2S. The normalized spacial score (nSPS) is 19.9. The molecule has 1 unspecified atom stereocenters. The largest absolute Gasteiger partial charge is 0.508 e. The molecule has 6 nitrogen and oxygen atoms in total. The molecule has 2 heterocycles. The number of aromatic nitrogens is 1. The van der Waals surface area contributed by atoms with Crippen molar-refractivity contribution < 1.29 is 27.5 Å². The molecule has 4 rings (SSSR count). The maximum Gasteiger partial charge on any atom is 0.419 e. The van der Waals surface area contributed by atoms with Crippen LogP contribution in [0.4, 0.5) is 28.9 Å². The van der Waals surface area contributed by atoms with Crippen molar-refractivity contribution in [2.75, 3.05) is 16.5 Å². The molecule has 1 aliphatic heterocycles. The average molecular weight is 466 g/mol. The summed E-state index contributed by atoms with van der Waals surface area (Å²) in [6, 6.07) is 6.67. The third-order valence-corrected chi connectivity index (χ3v) is 6.45. The van der Waals surface area contributed by atoms with Crippen molar-refractivity contribution in [3.05, 3.63) is 47.3 Å². The molecule has 11 heteroatoms. The molecule has 2 aliphatic rings. The monoisotopic (exact) mass is 466 g/mol. The summed E-state index contributed by atoms with van der Waals surface area (Å²) in [4.78, 5) is 19.9. The van der Waals surface area contributed by atoms with E-state index in [4.69, 9.17) is 5.26 Å². The Kier molecular flexibility index (Phi) is 5.45. The van der Waals surface area contributed by atoms with Gasteiger partial charge in [0.05, 0.1) is 24.1 Å². The van der Waals surface area contributed by atoms with Gasteiger partial charge in [-0.25, -0.2) is 4.98 Å². The second-order valence-corrected chi connectivity index (χ2v) is 8.19. The number of benzene rings is 1. The highest BCUT2D eigenvalue weighted by molar-refractivity contribution is 7.81. The average Bonchev–Trinajstić information content (AvgIpc) is 2.95. The highest BCUT2D eigenvalue weighted by atomic mass is 32.1. The van der Waals surface area contributed by atoms with Crippen LogP contribution in [0.3, 0.4) is 0 Å². The van der Waals surface area contributed by atoms with Crippen molar-refractivity contribution in [2.45, 2.75) is 42.9 Å². The zero-order valence-electron chi connectivity index (χ0n) is 16.6. The van der Waals surface area contributed by atoms with E-state index in [0.717, 1.165) is 23.6 Å². The Bertz CT molecular complexity index is 1110. The van der Waals surface area contributed by atoms with Gasteiger partial charge >= 0.3 is 6.18 Å². The van der Waals surface area contributed by atoms with E-state index >= 15 is 0 Å². The molecule has 2 aromatic rings. The van der Waals surface area contributed by atoms with Gasteiger partial charge in [0.25, 0.3) is 5.91 Å². The standard InChI is InChI=1S/C21H18F4N4O2S/c22-7-4-12-8-13(2-3-17(12)30)29-19(32)28(18(31)20(29)5-1-6-20)14-9-15(21(23,24)25)16(10-26)27-11-14/h2-3,8-9,11,19,30,32H,1,4-7H2. The topological polar surface area (TPSA) is 80.5 Å². The molecule has 2 fully saturated rings. The van der Waals surface area contributed by atoms with E-state index in [1.165, 1.54) is 12.1 Å². The first-order valence-electron chi connectivity index (χ1n) is 9.80. The predicted octanol–water partition coefficient (Wildman–Crippen LogP) is 4.18. The minimum absolute atomic E-state index is 0.0239. The van der Waals surface area contributed by atoms with Crippen LogP contribution in [0.1, 0.15) is 36.1 Å². The van der Waals surface area contributed by atoms with E-state index in [-0.39, 0.29) is 17.9 Å². The number of hydrogen-bond acceptors (Lipinski definition) is 6. The number of phenolic OH excluding ortho intramolecular Hbond substituents is 1. The Labute approximate surface area is 186 Å². The number of halogens is 4. The van der Waals surface area contributed by atoms with Gasteiger partial charge in [-0.15, -0.1) is 12.6 Å². The zero-order chi connectivity index (χ0) is 23.3. The number of aryl methyl sites for hydroxylation is 1. The van der Waals surface area contributed by atoms with Crippen LogP contribution in [0.5, 0.6) is 5.75 Å². The smallest absolute Gasteiger partial charge is 0.419 e. The van der Waals surface area contributed by atoms with Crippen LogP contribution >= 0.6 is 12.6 Å². The van der Waals surface area contributed by atoms with E-state index in [1.54, 1.807) is 17.0 Å². The van der Waals surface area contributed by atoms with E-state index in [2.05, 4.69) is 17.6 Å². The lowest BCUT2D eigenvalue weighted by molar-refractivity contribution is -0.138. The molecule has 1 saturated carbocycles. The molecule has 0 bridgehead atoms. The molecule has 1 N–H and O–H groups in total. The molecule has 168 valence electrons. The predicted molar refractivity (Wildman–Crippen MR) is 111 cm³/mol. The number of anilines is 2. The van der Waals surface area contributed by atoms with E-state index in [9.17, 15) is 27.5 Å². The lowest BCUT2D eigenvalue weighted by Gasteiger charge is -2.44. The molecule has 1 aliphatic carbocycles. The summed E-state index contributed by atoms with van der Waals surface area (Å²) in [5.74, 6) is -0.512. The summed E-state index contributed by atoms with van der Waals surface area (Å²) in [6.45, 7) is -0.686. The molecule has 1 atom stereocenters. The molecule has 1 spiro atoms. The van der Waals surface area contributed by atoms with Crippen LogP contribution in [0.15, 0.2) is 30.5 Å². The number of phenols is 1. The fourth-order valence-electron chi connectivity index (χ4n) is 4.28. The molecular weight excluding hydrogens is 448 g/mol. The van der Waals surface area contributed by atoms with Crippen molar-refractivity contribution >= 4 is 29.9 Å². The number of hydrogen-bond donors (Lipinski definition) is 2. The van der Waals surface area contributed by atoms with Crippen LogP contribution in [0, 0.1) is 11.3 Å². The summed E-state index contributed by atoms with van der Waals surface area (Å²) in [7, 11) is 0. The van der Waals surface area contributed by atoms with Gasteiger partial charge in [-0.1, -0.05) is 0 Å². The Morgan fingerprint density at radius 2 is 2.00 bits per heavy atom. The van der Waals surface area contributed by atoms with Gasteiger partial charge < -0.3 is 10.0 Å². The number of pyridine rings is 1. The van der Waals surface area contributed by atoms with Gasteiger partial charge in [-0.2, -0.15) is 18.4 Å². The number of rotatable bonds is 4. The third-order valence-electron chi connectivity index (χ3n) is 5.99. The number of carbonyl (C=O) groups is 1. The summed E-state index contributed by atoms with van der Waals surface area (Å²) in [5, 5.41) is 19.0. The fourth-order valence-corrected chi connectivity index (χ4v) is 4.87. The zero-order valence-corrected chi connectivity index (χ0v) is 17.5. The molecule has 32 heavy (non-hydrogen) atoms. The number of nitriles is 1. The Morgan fingerprint density at radius 3 is 2.56 bits per heavy atom. The van der Waals surface area contributed by atoms with Crippen molar-refractivity contribution in [3.8, 4) is 11.8 Å². The quantitative estimate of drug-likeness (QED) is 0.522. The van der Waals surface area contributed by atoms with Gasteiger partial charge in [0.1, 0.15) is 17.4 Å². The minimum atomic E-state index is -4.82. The number of thiol groups is 1. The van der Waals surface area contributed by atoms with Crippen LogP contribution in [-0.2, 0) is 17.4 Å². The van der Waals surface area contributed by atoms with Crippen LogP contribution < -0.4 is 9.80 Å². The number of nitrogens with zero attached hydrogens (tertiary/aromatic N) is 4. The summed E-state index contributed by atoms with van der Waals surface area (Å²) < 4.78 is 53.2. The second-order valence-electron chi connectivity index (χ2n) is 7.73. The second kappa shape index (κ2) is 7.85. The highest BCUT2D eigenvalue weighted by Crippen LogP contribution is 2.50. The summed E-state index contributed by atoms with van der Waals surface area (Å²) >= 11 is 4.55. The Hall–Kier alpha value is -3.00. The number of aromatic hydroxyl groups is 1. The van der Waals surface area contributed by atoms with Gasteiger partial charge in [0.15, 0.2) is 11.2 Å². The number of carbonyl (C=O) groups excluding carboxylic acids is 1. The maximum absolute atomic E-state index is 13.4. The van der Waals surface area contributed by atoms with Crippen molar-refractivity contribution in [1.29, 1.82) is 5.26 Å². The van der Waals surface area contributed by atoms with Gasteiger partial charge in [-0.05, 0) is 49.1 Å². The molecule has 1 saturated heterocycles. The van der Waals surface area contributed by atoms with Crippen LogP contribution in [-0.4, -0.2) is 33.7 Å². The summed E-state index contributed by atoms with van der Waals surface area (Å²) in [5.41, 5.74) is -3.28. The molecule has 1 aromatic heterocycles. The van der Waals surface area contributed by atoms with E-state index in [0.29, 0.717) is 24.1 Å². The lowest BCUT2D eigenvalue weighted by Crippen LogP contribution is -2.55. The first-order chi connectivity index (χ1) is 15.1. The Morgan fingerprint density at radius 1 is 1.28 bits per heavy atom. The van der Waals surface area contributed by atoms with Crippen LogP contribution in [0.25, 0.3) is 0 Å². The van der Waals surface area contributed by atoms with Gasteiger partial charge in [-0.3, -0.25) is 14.1 Å². The lowest BCUT2D eigenvalue weighted by atomic mass is 9.75.